The molecule has 0 saturated heterocycles. The quantitative estimate of drug-likeness (QED) is 0.786. The molecule has 1 N–H and O–H groups in total. The molecule has 2 atom stereocenters. The minimum Gasteiger partial charge on any atom is -0.314 e. The van der Waals surface area contributed by atoms with Crippen molar-refractivity contribution in [2.24, 2.45) is 5.92 Å². The third-order valence-corrected chi connectivity index (χ3v) is 3.89. The van der Waals surface area contributed by atoms with E-state index in [1.54, 1.807) is 0 Å². The van der Waals surface area contributed by atoms with Gasteiger partial charge in [0.1, 0.15) is 0 Å². The van der Waals surface area contributed by atoms with E-state index in [1.807, 2.05) is 0 Å². The van der Waals surface area contributed by atoms with Gasteiger partial charge in [0.25, 0.3) is 0 Å². The highest BCUT2D eigenvalue weighted by atomic mass is 79.9. The highest BCUT2D eigenvalue weighted by Gasteiger charge is 2.14. The van der Waals surface area contributed by atoms with Gasteiger partial charge in [-0.3, -0.25) is 0 Å². The van der Waals surface area contributed by atoms with E-state index in [0.29, 0.717) is 6.04 Å². The fourth-order valence-corrected chi connectivity index (χ4v) is 2.40. The Morgan fingerprint density at radius 1 is 1.18 bits per heavy atom. The molecule has 0 saturated carbocycles. The topological polar surface area (TPSA) is 12.0 Å². The maximum Gasteiger partial charge on any atom is 0.0175 e. The van der Waals surface area contributed by atoms with Crippen LogP contribution in [0, 0.1) is 5.92 Å². The summed E-state index contributed by atoms with van der Waals surface area (Å²) in [7, 11) is 0. The Kier molecular flexibility index (Phi) is 6.83. The SMILES string of the molecule is CCCNC(C)C(CC)Cc1ccc(Br)cc1. The zero-order valence-corrected chi connectivity index (χ0v) is 12.8. The molecule has 0 aromatic heterocycles. The molecule has 0 aliphatic carbocycles. The van der Waals surface area contributed by atoms with E-state index in [0.717, 1.165) is 16.9 Å². The molecule has 1 aromatic rings. The van der Waals surface area contributed by atoms with E-state index in [2.05, 4.69) is 66.3 Å². The van der Waals surface area contributed by atoms with Crippen LogP contribution in [0.2, 0.25) is 0 Å². The van der Waals surface area contributed by atoms with Crippen molar-refractivity contribution in [3.63, 3.8) is 0 Å². The molecule has 1 aromatic carbocycles. The monoisotopic (exact) mass is 297 g/mol. The third-order valence-electron chi connectivity index (χ3n) is 3.36. The van der Waals surface area contributed by atoms with Crippen LogP contribution in [0.3, 0.4) is 0 Å². The van der Waals surface area contributed by atoms with Crippen molar-refractivity contribution in [1.29, 1.82) is 0 Å². The van der Waals surface area contributed by atoms with Crippen LogP contribution in [0.1, 0.15) is 39.2 Å². The third kappa shape index (κ3) is 5.22. The van der Waals surface area contributed by atoms with Gasteiger partial charge in [0, 0.05) is 10.5 Å². The highest BCUT2D eigenvalue weighted by molar-refractivity contribution is 9.10. The fourth-order valence-electron chi connectivity index (χ4n) is 2.14. The van der Waals surface area contributed by atoms with Crippen LogP contribution in [-0.2, 0) is 6.42 Å². The Hall–Kier alpha value is -0.340. The van der Waals surface area contributed by atoms with Crippen molar-refractivity contribution < 1.29 is 0 Å². The summed E-state index contributed by atoms with van der Waals surface area (Å²) in [6.45, 7) is 7.93. The zero-order chi connectivity index (χ0) is 12.7. The van der Waals surface area contributed by atoms with E-state index in [4.69, 9.17) is 0 Å². The average Bonchev–Trinajstić information content (AvgIpc) is 2.35. The normalized spacial score (nSPS) is 14.6. The molecule has 96 valence electrons. The van der Waals surface area contributed by atoms with Gasteiger partial charge in [-0.05, 0) is 49.9 Å². The van der Waals surface area contributed by atoms with Gasteiger partial charge < -0.3 is 5.32 Å². The number of halogens is 1. The summed E-state index contributed by atoms with van der Waals surface area (Å²) < 4.78 is 1.16. The van der Waals surface area contributed by atoms with Crippen LogP contribution in [-0.4, -0.2) is 12.6 Å². The molecule has 0 aliphatic rings. The first-order valence-electron chi connectivity index (χ1n) is 6.65. The first-order valence-corrected chi connectivity index (χ1v) is 7.44. The molecule has 0 heterocycles. The Morgan fingerprint density at radius 2 is 1.82 bits per heavy atom. The molecule has 0 fully saturated rings. The molecule has 1 rings (SSSR count). The van der Waals surface area contributed by atoms with Crippen molar-refractivity contribution in [3.8, 4) is 0 Å². The molecule has 17 heavy (non-hydrogen) atoms. The van der Waals surface area contributed by atoms with Crippen molar-refractivity contribution >= 4 is 15.9 Å². The summed E-state index contributed by atoms with van der Waals surface area (Å²) in [6, 6.07) is 9.31. The molecule has 0 spiro atoms. The predicted octanol–water partition coefficient (Wildman–Crippen LogP) is 4.41. The Morgan fingerprint density at radius 3 is 2.35 bits per heavy atom. The first-order chi connectivity index (χ1) is 8.17. The maximum absolute atomic E-state index is 3.61. The summed E-state index contributed by atoms with van der Waals surface area (Å²) in [6.07, 6.45) is 3.61. The number of hydrogen-bond acceptors (Lipinski definition) is 1. The van der Waals surface area contributed by atoms with Crippen LogP contribution >= 0.6 is 15.9 Å². The molecular formula is C15H24BrN. The van der Waals surface area contributed by atoms with E-state index >= 15 is 0 Å². The van der Waals surface area contributed by atoms with Crippen LogP contribution in [0.25, 0.3) is 0 Å². The van der Waals surface area contributed by atoms with Crippen molar-refractivity contribution in [2.75, 3.05) is 6.54 Å². The lowest BCUT2D eigenvalue weighted by molar-refractivity contribution is 0.362. The van der Waals surface area contributed by atoms with E-state index in [-0.39, 0.29) is 0 Å². The van der Waals surface area contributed by atoms with E-state index in [1.165, 1.54) is 24.8 Å². The van der Waals surface area contributed by atoms with Crippen molar-refractivity contribution in [1.82, 2.24) is 5.32 Å². The number of nitrogens with one attached hydrogen (secondary N) is 1. The Balaban J connectivity index is 2.53. The van der Waals surface area contributed by atoms with Gasteiger partial charge in [-0.25, -0.2) is 0 Å². The average molecular weight is 298 g/mol. The fraction of sp³-hybridized carbons (Fsp3) is 0.600. The molecule has 2 unspecified atom stereocenters. The summed E-state index contributed by atoms with van der Waals surface area (Å²) in [4.78, 5) is 0. The van der Waals surface area contributed by atoms with Gasteiger partial charge in [-0.15, -0.1) is 0 Å². The van der Waals surface area contributed by atoms with Gasteiger partial charge in [0.15, 0.2) is 0 Å². The lowest BCUT2D eigenvalue weighted by atomic mass is 9.91. The van der Waals surface area contributed by atoms with Gasteiger partial charge in [0.05, 0.1) is 0 Å². The summed E-state index contributed by atoms with van der Waals surface area (Å²) in [5.74, 6) is 0.725. The molecule has 0 bridgehead atoms. The van der Waals surface area contributed by atoms with Crippen LogP contribution in [0.15, 0.2) is 28.7 Å². The molecule has 0 amide bonds. The summed E-state index contributed by atoms with van der Waals surface area (Å²) in [5, 5.41) is 3.61. The zero-order valence-electron chi connectivity index (χ0n) is 11.2. The Bertz CT molecular complexity index is 307. The standard InChI is InChI=1S/C15H24BrN/c1-4-10-17-12(3)14(5-2)11-13-6-8-15(16)9-7-13/h6-9,12,14,17H,4-5,10-11H2,1-3H3. The summed E-state index contributed by atoms with van der Waals surface area (Å²) in [5.41, 5.74) is 1.44. The van der Waals surface area contributed by atoms with Gasteiger partial charge in [-0.1, -0.05) is 48.3 Å². The molecule has 0 aliphatic heterocycles. The number of rotatable bonds is 7. The lowest BCUT2D eigenvalue weighted by Crippen LogP contribution is -2.34. The van der Waals surface area contributed by atoms with Crippen LogP contribution < -0.4 is 5.32 Å². The second-order valence-electron chi connectivity index (χ2n) is 4.74. The maximum atomic E-state index is 3.61. The lowest BCUT2D eigenvalue weighted by Gasteiger charge is -2.24. The molecule has 2 heteroatoms. The second kappa shape index (κ2) is 7.88. The minimum absolute atomic E-state index is 0.601. The largest absolute Gasteiger partial charge is 0.314 e. The van der Waals surface area contributed by atoms with Crippen molar-refractivity contribution in [2.45, 2.75) is 46.1 Å². The second-order valence-corrected chi connectivity index (χ2v) is 5.66. The van der Waals surface area contributed by atoms with Gasteiger partial charge in [-0.2, -0.15) is 0 Å². The minimum atomic E-state index is 0.601. The van der Waals surface area contributed by atoms with Crippen molar-refractivity contribution in [3.05, 3.63) is 34.3 Å². The van der Waals surface area contributed by atoms with Crippen LogP contribution in [0.5, 0.6) is 0 Å². The van der Waals surface area contributed by atoms with Gasteiger partial charge in [0.2, 0.25) is 0 Å². The smallest absolute Gasteiger partial charge is 0.0175 e. The molecular weight excluding hydrogens is 274 g/mol. The highest BCUT2D eigenvalue weighted by Crippen LogP contribution is 2.18. The van der Waals surface area contributed by atoms with Gasteiger partial charge >= 0.3 is 0 Å². The first kappa shape index (κ1) is 14.7. The summed E-state index contributed by atoms with van der Waals surface area (Å²) >= 11 is 3.48. The molecule has 1 nitrogen and oxygen atoms in total. The van der Waals surface area contributed by atoms with E-state index in [9.17, 15) is 0 Å². The number of hydrogen-bond donors (Lipinski definition) is 1. The Labute approximate surface area is 114 Å². The van der Waals surface area contributed by atoms with Crippen LogP contribution in [0.4, 0.5) is 0 Å². The number of benzene rings is 1. The van der Waals surface area contributed by atoms with E-state index < -0.39 is 0 Å². The predicted molar refractivity (Wildman–Crippen MR) is 79.4 cm³/mol. The molecule has 0 radical (unpaired) electrons.